The Morgan fingerprint density at radius 2 is 1.95 bits per heavy atom. The molecule has 4 nitrogen and oxygen atoms in total. The van der Waals surface area contributed by atoms with Gasteiger partial charge in [0.15, 0.2) is 11.6 Å². The molecule has 2 N–H and O–H groups in total. The summed E-state index contributed by atoms with van der Waals surface area (Å²) in [5.74, 6) is -1.04. The van der Waals surface area contributed by atoms with Crippen molar-refractivity contribution < 1.29 is 13.5 Å². The topological polar surface area (TPSA) is 49.9 Å². The number of fused-ring (bicyclic) bond motifs is 1. The van der Waals surface area contributed by atoms with E-state index in [0.717, 1.165) is 38.1 Å². The molecule has 2 heterocycles. The molecule has 1 aliphatic rings. The fourth-order valence-corrected chi connectivity index (χ4v) is 2.46. The monoisotopic (exact) mass is 281 g/mol. The van der Waals surface area contributed by atoms with Crippen LogP contribution in [0.5, 0.6) is 0 Å². The molecule has 0 saturated carbocycles. The first-order chi connectivity index (χ1) is 9.72. The van der Waals surface area contributed by atoms with Gasteiger partial charge in [-0.15, -0.1) is 0 Å². The van der Waals surface area contributed by atoms with E-state index in [9.17, 15) is 8.78 Å². The lowest BCUT2D eigenvalue weighted by Crippen LogP contribution is -2.32. The zero-order valence-corrected chi connectivity index (χ0v) is 11.1. The number of imidazole rings is 1. The number of piperidine rings is 1. The SMILES string of the molecule is Fc1cc2nc(CCOC3CCNCC3)[nH]c2cc1F. The van der Waals surface area contributed by atoms with Crippen LogP contribution in [-0.4, -0.2) is 35.8 Å². The third-order valence-electron chi connectivity index (χ3n) is 3.55. The van der Waals surface area contributed by atoms with E-state index < -0.39 is 11.6 Å². The largest absolute Gasteiger partial charge is 0.378 e. The summed E-state index contributed by atoms with van der Waals surface area (Å²) in [4.78, 5) is 7.23. The van der Waals surface area contributed by atoms with E-state index in [-0.39, 0.29) is 0 Å². The van der Waals surface area contributed by atoms with Gasteiger partial charge in [-0.2, -0.15) is 0 Å². The number of hydrogen-bond donors (Lipinski definition) is 2. The van der Waals surface area contributed by atoms with Crippen molar-refractivity contribution in [1.82, 2.24) is 15.3 Å². The highest BCUT2D eigenvalue weighted by Gasteiger charge is 2.13. The number of hydrogen-bond acceptors (Lipinski definition) is 3. The van der Waals surface area contributed by atoms with Crippen LogP contribution in [0.3, 0.4) is 0 Å². The van der Waals surface area contributed by atoms with E-state index in [0.29, 0.717) is 36.0 Å². The van der Waals surface area contributed by atoms with Gasteiger partial charge < -0.3 is 15.0 Å². The number of ether oxygens (including phenoxy) is 1. The fourth-order valence-electron chi connectivity index (χ4n) is 2.46. The van der Waals surface area contributed by atoms with Crippen LogP contribution in [0.2, 0.25) is 0 Å². The molecule has 1 saturated heterocycles. The van der Waals surface area contributed by atoms with E-state index in [1.807, 2.05) is 0 Å². The van der Waals surface area contributed by atoms with Gasteiger partial charge in [-0.1, -0.05) is 0 Å². The van der Waals surface area contributed by atoms with Crippen LogP contribution in [-0.2, 0) is 11.2 Å². The normalized spacial score (nSPS) is 16.9. The predicted molar refractivity (Wildman–Crippen MR) is 71.6 cm³/mol. The summed E-state index contributed by atoms with van der Waals surface area (Å²) < 4.78 is 32.0. The van der Waals surface area contributed by atoms with Gasteiger partial charge in [0.1, 0.15) is 5.82 Å². The van der Waals surface area contributed by atoms with Crippen molar-refractivity contribution in [3.63, 3.8) is 0 Å². The second-order valence-electron chi connectivity index (χ2n) is 5.04. The Morgan fingerprint density at radius 3 is 2.75 bits per heavy atom. The lowest BCUT2D eigenvalue weighted by Gasteiger charge is -2.22. The standard InChI is InChI=1S/C14H17F2N3O/c15-10-7-12-13(8-11(10)16)19-14(18-12)3-6-20-9-1-4-17-5-2-9/h7-9,17H,1-6H2,(H,18,19). The summed E-state index contributed by atoms with van der Waals surface area (Å²) in [6, 6.07) is 2.24. The molecule has 1 aliphatic heterocycles. The average Bonchev–Trinajstić information content (AvgIpc) is 2.82. The number of nitrogens with zero attached hydrogens (tertiary/aromatic N) is 1. The average molecular weight is 281 g/mol. The van der Waals surface area contributed by atoms with Crippen LogP contribution in [0.4, 0.5) is 8.78 Å². The van der Waals surface area contributed by atoms with E-state index in [2.05, 4.69) is 15.3 Å². The smallest absolute Gasteiger partial charge is 0.161 e. The first-order valence-corrected chi connectivity index (χ1v) is 6.88. The Balaban J connectivity index is 1.60. The minimum absolute atomic E-state index is 0.301. The molecule has 1 fully saturated rings. The number of aromatic nitrogens is 2. The van der Waals surface area contributed by atoms with E-state index in [1.54, 1.807) is 0 Å². The van der Waals surface area contributed by atoms with Gasteiger partial charge in [0.25, 0.3) is 0 Å². The lowest BCUT2D eigenvalue weighted by atomic mass is 10.1. The van der Waals surface area contributed by atoms with E-state index in [1.165, 1.54) is 0 Å². The molecule has 1 aromatic carbocycles. The molecule has 0 radical (unpaired) electrons. The molecule has 0 spiro atoms. The summed E-state index contributed by atoms with van der Waals surface area (Å²) in [5.41, 5.74) is 0.960. The van der Waals surface area contributed by atoms with Crippen LogP contribution >= 0.6 is 0 Å². The molecule has 0 aliphatic carbocycles. The Labute approximate surface area is 115 Å². The Hall–Kier alpha value is -1.53. The predicted octanol–water partition coefficient (Wildman–Crippen LogP) is 2.15. The van der Waals surface area contributed by atoms with Gasteiger partial charge in [0.2, 0.25) is 0 Å². The molecule has 0 bridgehead atoms. The van der Waals surface area contributed by atoms with Gasteiger partial charge >= 0.3 is 0 Å². The summed E-state index contributed by atoms with van der Waals surface area (Å²) in [6.07, 6.45) is 2.96. The molecule has 0 amide bonds. The first kappa shape index (κ1) is 13.5. The van der Waals surface area contributed by atoms with Gasteiger partial charge in [0, 0.05) is 18.6 Å². The molecular weight excluding hydrogens is 264 g/mol. The summed E-state index contributed by atoms with van der Waals surface area (Å²) in [6.45, 7) is 2.55. The molecule has 20 heavy (non-hydrogen) atoms. The van der Waals surface area contributed by atoms with Crippen molar-refractivity contribution in [2.45, 2.75) is 25.4 Å². The van der Waals surface area contributed by atoms with Crippen molar-refractivity contribution in [3.05, 3.63) is 29.6 Å². The highest BCUT2D eigenvalue weighted by atomic mass is 19.2. The van der Waals surface area contributed by atoms with E-state index >= 15 is 0 Å². The minimum Gasteiger partial charge on any atom is -0.378 e. The molecule has 0 atom stereocenters. The van der Waals surface area contributed by atoms with Crippen molar-refractivity contribution in [2.24, 2.45) is 0 Å². The summed E-state index contributed by atoms with van der Waals surface area (Å²) >= 11 is 0. The van der Waals surface area contributed by atoms with Crippen molar-refractivity contribution in [1.29, 1.82) is 0 Å². The highest BCUT2D eigenvalue weighted by Crippen LogP contribution is 2.16. The Morgan fingerprint density at radius 1 is 1.20 bits per heavy atom. The number of nitrogens with one attached hydrogen (secondary N) is 2. The number of aromatic amines is 1. The highest BCUT2D eigenvalue weighted by molar-refractivity contribution is 5.75. The summed E-state index contributed by atoms with van der Waals surface area (Å²) in [5, 5.41) is 3.28. The van der Waals surface area contributed by atoms with Gasteiger partial charge in [-0.25, -0.2) is 13.8 Å². The quantitative estimate of drug-likeness (QED) is 0.903. The second-order valence-corrected chi connectivity index (χ2v) is 5.04. The molecular formula is C14H17F2N3O. The van der Waals surface area contributed by atoms with Crippen LogP contribution in [0, 0.1) is 11.6 Å². The molecule has 3 rings (SSSR count). The molecule has 2 aromatic rings. The second kappa shape index (κ2) is 5.85. The van der Waals surface area contributed by atoms with Crippen molar-refractivity contribution >= 4 is 11.0 Å². The van der Waals surface area contributed by atoms with Crippen LogP contribution in [0.15, 0.2) is 12.1 Å². The molecule has 108 valence electrons. The lowest BCUT2D eigenvalue weighted by molar-refractivity contribution is 0.0343. The van der Waals surface area contributed by atoms with Gasteiger partial charge in [-0.05, 0) is 25.9 Å². The zero-order chi connectivity index (χ0) is 13.9. The number of benzene rings is 1. The number of H-pyrrole nitrogens is 1. The number of rotatable bonds is 4. The van der Waals surface area contributed by atoms with Crippen molar-refractivity contribution in [3.8, 4) is 0 Å². The Bertz CT molecular complexity index is 554. The number of halogens is 2. The maximum Gasteiger partial charge on any atom is 0.161 e. The zero-order valence-electron chi connectivity index (χ0n) is 11.1. The molecule has 0 unspecified atom stereocenters. The van der Waals surface area contributed by atoms with Crippen LogP contribution in [0.25, 0.3) is 11.0 Å². The van der Waals surface area contributed by atoms with Crippen molar-refractivity contribution in [2.75, 3.05) is 19.7 Å². The molecule has 1 aromatic heterocycles. The van der Waals surface area contributed by atoms with Crippen LogP contribution in [0.1, 0.15) is 18.7 Å². The third-order valence-corrected chi connectivity index (χ3v) is 3.55. The molecule has 6 heteroatoms. The first-order valence-electron chi connectivity index (χ1n) is 6.88. The van der Waals surface area contributed by atoms with Gasteiger partial charge in [-0.3, -0.25) is 0 Å². The fraction of sp³-hybridized carbons (Fsp3) is 0.500. The van der Waals surface area contributed by atoms with E-state index in [4.69, 9.17) is 4.74 Å². The Kier molecular flexibility index (Phi) is 3.93. The maximum absolute atomic E-state index is 13.1. The third kappa shape index (κ3) is 2.96. The van der Waals surface area contributed by atoms with Gasteiger partial charge in [0.05, 0.1) is 23.7 Å². The van der Waals surface area contributed by atoms with Crippen LogP contribution < -0.4 is 5.32 Å². The minimum atomic E-state index is -0.874. The maximum atomic E-state index is 13.1. The summed E-state index contributed by atoms with van der Waals surface area (Å²) in [7, 11) is 0.